The number of benzene rings is 1. The summed E-state index contributed by atoms with van der Waals surface area (Å²) >= 11 is 0. The highest BCUT2D eigenvalue weighted by atomic mass is 19.1. The molecule has 0 aromatic heterocycles. The molecule has 0 amide bonds. The molecule has 1 fully saturated rings. The van der Waals surface area contributed by atoms with E-state index in [1.165, 1.54) is 18.2 Å². The van der Waals surface area contributed by atoms with E-state index in [2.05, 4.69) is 5.32 Å². The van der Waals surface area contributed by atoms with Crippen LogP contribution >= 0.6 is 0 Å². The summed E-state index contributed by atoms with van der Waals surface area (Å²) in [6, 6.07) is 4.29. The third kappa shape index (κ3) is 1.63. The molecule has 3 nitrogen and oxygen atoms in total. The topological polar surface area (TPSA) is 38.3 Å². The maximum atomic E-state index is 13.3. The van der Waals surface area contributed by atoms with Crippen LogP contribution in [0, 0.1) is 5.82 Å². The van der Waals surface area contributed by atoms with Crippen LogP contribution < -0.4 is 5.32 Å². The molecule has 1 spiro atoms. The second-order valence-electron chi connectivity index (χ2n) is 4.68. The maximum absolute atomic E-state index is 13.3. The molecule has 2 aliphatic heterocycles. The van der Waals surface area contributed by atoms with E-state index in [0.717, 1.165) is 37.9 Å². The van der Waals surface area contributed by atoms with E-state index >= 15 is 0 Å². The second-order valence-corrected chi connectivity index (χ2v) is 4.68. The Bertz CT molecular complexity index is 464. The summed E-state index contributed by atoms with van der Waals surface area (Å²) in [5.41, 5.74) is 0.650. The smallest absolute Gasteiger partial charge is 0.339 e. The fourth-order valence-electron chi connectivity index (χ4n) is 2.77. The van der Waals surface area contributed by atoms with E-state index in [-0.39, 0.29) is 11.8 Å². The zero-order chi connectivity index (χ0) is 11.9. The molecule has 1 atom stereocenters. The van der Waals surface area contributed by atoms with Gasteiger partial charge in [0.05, 0.1) is 5.56 Å². The predicted molar refractivity (Wildman–Crippen MR) is 60.2 cm³/mol. The Balaban J connectivity index is 2.09. The lowest BCUT2D eigenvalue weighted by Gasteiger charge is -2.26. The molecular weight excluding hydrogens is 221 g/mol. The van der Waals surface area contributed by atoms with Crippen LogP contribution in [0.1, 0.15) is 35.2 Å². The number of ether oxygens (including phenoxy) is 1. The first-order chi connectivity index (χ1) is 8.21. The van der Waals surface area contributed by atoms with Gasteiger partial charge in [-0.25, -0.2) is 9.18 Å². The number of carbonyl (C=O) groups excluding carboxylic acids is 1. The summed E-state index contributed by atoms with van der Waals surface area (Å²) in [5.74, 6) is -0.625. The lowest BCUT2D eigenvalue weighted by atomic mass is 9.86. The van der Waals surface area contributed by atoms with Gasteiger partial charge in [0.1, 0.15) is 11.4 Å². The van der Waals surface area contributed by atoms with E-state index in [0.29, 0.717) is 5.56 Å². The summed E-state index contributed by atoms with van der Waals surface area (Å²) in [7, 11) is 0. The van der Waals surface area contributed by atoms with Gasteiger partial charge in [0.2, 0.25) is 0 Å². The molecule has 2 heterocycles. The van der Waals surface area contributed by atoms with Crippen LogP contribution in [0.5, 0.6) is 0 Å². The van der Waals surface area contributed by atoms with Gasteiger partial charge in [-0.3, -0.25) is 0 Å². The molecule has 4 heteroatoms. The highest BCUT2D eigenvalue weighted by molar-refractivity contribution is 5.94. The van der Waals surface area contributed by atoms with Crippen LogP contribution in [-0.2, 0) is 10.3 Å². The number of hydrogen-bond donors (Lipinski definition) is 1. The van der Waals surface area contributed by atoms with Gasteiger partial charge in [-0.05, 0) is 44.1 Å². The lowest BCUT2D eigenvalue weighted by Crippen LogP contribution is -2.27. The van der Waals surface area contributed by atoms with Crippen molar-refractivity contribution in [1.29, 1.82) is 0 Å². The van der Waals surface area contributed by atoms with E-state index in [9.17, 15) is 9.18 Å². The van der Waals surface area contributed by atoms with Crippen molar-refractivity contribution in [2.75, 3.05) is 13.1 Å². The number of halogens is 1. The standard InChI is InChI=1S/C13H14FNO2/c14-9-2-3-10-11(8-9)13(17-12(10)16)4-1-6-15-7-5-13/h2-3,8,15H,1,4-7H2. The van der Waals surface area contributed by atoms with Gasteiger partial charge in [0.15, 0.2) is 0 Å². The average Bonchev–Trinajstić information content (AvgIpc) is 2.49. The molecule has 90 valence electrons. The van der Waals surface area contributed by atoms with Crippen molar-refractivity contribution in [1.82, 2.24) is 5.32 Å². The fraction of sp³-hybridized carbons (Fsp3) is 0.462. The average molecular weight is 235 g/mol. The molecule has 1 aromatic carbocycles. The number of fused-ring (bicyclic) bond motifs is 2. The van der Waals surface area contributed by atoms with Crippen LogP contribution in [-0.4, -0.2) is 19.1 Å². The Morgan fingerprint density at radius 2 is 2.18 bits per heavy atom. The SMILES string of the molecule is O=C1OC2(CCCNCC2)c2cc(F)ccc21. The van der Waals surface area contributed by atoms with Gasteiger partial charge < -0.3 is 10.1 Å². The Morgan fingerprint density at radius 3 is 3.06 bits per heavy atom. The van der Waals surface area contributed by atoms with E-state index in [1.807, 2.05) is 0 Å². The van der Waals surface area contributed by atoms with Crippen LogP contribution in [0.3, 0.4) is 0 Å². The van der Waals surface area contributed by atoms with Crippen LogP contribution in [0.15, 0.2) is 18.2 Å². The van der Waals surface area contributed by atoms with Crippen molar-refractivity contribution < 1.29 is 13.9 Å². The number of esters is 1. The zero-order valence-electron chi connectivity index (χ0n) is 9.46. The van der Waals surface area contributed by atoms with Crippen molar-refractivity contribution >= 4 is 5.97 Å². The van der Waals surface area contributed by atoms with Crippen LogP contribution in [0.4, 0.5) is 4.39 Å². The molecule has 1 unspecified atom stereocenters. The Kier molecular flexibility index (Phi) is 2.40. The van der Waals surface area contributed by atoms with E-state index in [4.69, 9.17) is 4.74 Å². The minimum absolute atomic E-state index is 0.307. The summed E-state index contributed by atoms with van der Waals surface area (Å²) in [6.45, 7) is 1.72. The monoisotopic (exact) mass is 235 g/mol. The van der Waals surface area contributed by atoms with Crippen molar-refractivity contribution in [3.63, 3.8) is 0 Å². The van der Waals surface area contributed by atoms with Crippen molar-refractivity contribution in [2.24, 2.45) is 0 Å². The number of hydrogen-bond acceptors (Lipinski definition) is 3. The number of nitrogens with one attached hydrogen (secondary N) is 1. The van der Waals surface area contributed by atoms with Crippen molar-refractivity contribution in [3.8, 4) is 0 Å². The number of rotatable bonds is 0. The predicted octanol–water partition coefficient (Wildman–Crippen LogP) is 1.96. The molecule has 0 bridgehead atoms. The van der Waals surface area contributed by atoms with E-state index < -0.39 is 5.60 Å². The zero-order valence-corrected chi connectivity index (χ0v) is 9.46. The molecule has 2 aliphatic rings. The van der Waals surface area contributed by atoms with Gasteiger partial charge in [0, 0.05) is 12.0 Å². The van der Waals surface area contributed by atoms with Gasteiger partial charge in [0.25, 0.3) is 0 Å². The van der Waals surface area contributed by atoms with Gasteiger partial charge >= 0.3 is 5.97 Å². The Labute approximate surface area is 99.0 Å². The molecule has 0 aliphatic carbocycles. The number of carbonyl (C=O) groups is 1. The minimum atomic E-state index is -0.599. The molecule has 1 aromatic rings. The first-order valence-electron chi connectivity index (χ1n) is 5.95. The summed E-state index contributed by atoms with van der Waals surface area (Å²) in [5, 5.41) is 3.27. The minimum Gasteiger partial charge on any atom is -0.450 e. The normalized spacial score (nSPS) is 27.7. The highest BCUT2D eigenvalue weighted by Crippen LogP contribution is 2.43. The lowest BCUT2D eigenvalue weighted by molar-refractivity contribution is -0.0148. The van der Waals surface area contributed by atoms with Gasteiger partial charge in [-0.2, -0.15) is 0 Å². The van der Waals surface area contributed by atoms with Crippen LogP contribution in [0.2, 0.25) is 0 Å². The first-order valence-corrected chi connectivity index (χ1v) is 5.95. The fourth-order valence-corrected chi connectivity index (χ4v) is 2.77. The molecule has 0 radical (unpaired) electrons. The molecule has 1 N–H and O–H groups in total. The van der Waals surface area contributed by atoms with Crippen LogP contribution in [0.25, 0.3) is 0 Å². The van der Waals surface area contributed by atoms with Crippen molar-refractivity contribution in [2.45, 2.75) is 24.9 Å². The van der Waals surface area contributed by atoms with Crippen molar-refractivity contribution in [3.05, 3.63) is 35.1 Å². The third-order valence-corrected chi connectivity index (χ3v) is 3.62. The molecule has 3 rings (SSSR count). The maximum Gasteiger partial charge on any atom is 0.339 e. The quantitative estimate of drug-likeness (QED) is 0.699. The third-order valence-electron chi connectivity index (χ3n) is 3.62. The summed E-state index contributed by atoms with van der Waals surface area (Å²) in [6.07, 6.45) is 2.42. The largest absolute Gasteiger partial charge is 0.450 e. The van der Waals surface area contributed by atoms with E-state index in [1.54, 1.807) is 0 Å². The molecule has 0 saturated carbocycles. The highest BCUT2D eigenvalue weighted by Gasteiger charge is 2.45. The summed E-state index contributed by atoms with van der Waals surface area (Å²) < 4.78 is 18.9. The van der Waals surface area contributed by atoms with Gasteiger partial charge in [-0.1, -0.05) is 0 Å². The molecule has 1 saturated heterocycles. The Morgan fingerprint density at radius 1 is 1.29 bits per heavy atom. The first kappa shape index (κ1) is 10.7. The molecular formula is C13H14FNO2. The second kappa shape index (κ2) is 3.81. The summed E-state index contributed by atoms with van der Waals surface area (Å²) in [4.78, 5) is 11.8. The van der Waals surface area contributed by atoms with Gasteiger partial charge in [-0.15, -0.1) is 0 Å². The molecule has 17 heavy (non-hydrogen) atoms. The Hall–Kier alpha value is -1.42.